The molecular formula is C12H16O4. The summed E-state index contributed by atoms with van der Waals surface area (Å²) in [5.74, 6) is -0.786. The summed E-state index contributed by atoms with van der Waals surface area (Å²) in [6.45, 7) is 2.37. The van der Waals surface area contributed by atoms with Gasteiger partial charge in [0.05, 0.1) is 0 Å². The van der Waals surface area contributed by atoms with Gasteiger partial charge in [0.1, 0.15) is 5.75 Å². The topological polar surface area (TPSA) is 66.8 Å². The van der Waals surface area contributed by atoms with Crippen LogP contribution >= 0.6 is 0 Å². The molecule has 0 bridgehead atoms. The van der Waals surface area contributed by atoms with Gasteiger partial charge in [0.25, 0.3) is 0 Å². The lowest BCUT2D eigenvalue weighted by Gasteiger charge is -2.13. The summed E-state index contributed by atoms with van der Waals surface area (Å²) in [6, 6.07) is 6.46. The van der Waals surface area contributed by atoms with Crippen LogP contribution < -0.4 is 0 Å². The number of carboxylic acids is 1. The second kappa shape index (κ2) is 6.12. The Morgan fingerprint density at radius 3 is 2.50 bits per heavy atom. The molecule has 2 N–H and O–H groups in total. The Labute approximate surface area is 94.5 Å². The highest BCUT2D eigenvalue weighted by molar-refractivity contribution is 5.72. The van der Waals surface area contributed by atoms with E-state index in [2.05, 4.69) is 0 Å². The molecular weight excluding hydrogens is 208 g/mol. The van der Waals surface area contributed by atoms with Gasteiger partial charge in [-0.25, -0.2) is 4.79 Å². The Morgan fingerprint density at radius 2 is 2.00 bits per heavy atom. The van der Waals surface area contributed by atoms with Gasteiger partial charge in [-0.1, -0.05) is 19.1 Å². The summed E-state index contributed by atoms with van der Waals surface area (Å²) in [7, 11) is 0. The van der Waals surface area contributed by atoms with Gasteiger partial charge in [0.2, 0.25) is 0 Å². The van der Waals surface area contributed by atoms with E-state index in [0.717, 1.165) is 12.0 Å². The van der Waals surface area contributed by atoms with Crippen molar-refractivity contribution in [3.05, 3.63) is 29.8 Å². The summed E-state index contributed by atoms with van der Waals surface area (Å²) >= 11 is 0. The van der Waals surface area contributed by atoms with E-state index < -0.39 is 12.1 Å². The maximum absolute atomic E-state index is 10.9. The number of phenols is 1. The van der Waals surface area contributed by atoms with Crippen LogP contribution in [0.1, 0.15) is 18.9 Å². The molecule has 88 valence electrons. The zero-order valence-electron chi connectivity index (χ0n) is 9.22. The lowest BCUT2D eigenvalue weighted by molar-refractivity contribution is -0.150. The summed E-state index contributed by atoms with van der Waals surface area (Å²) in [5, 5.41) is 18.0. The third-order valence-electron chi connectivity index (χ3n) is 2.16. The first kappa shape index (κ1) is 12.5. The molecule has 4 nitrogen and oxygen atoms in total. The van der Waals surface area contributed by atoms with Crippen LogP contribution in [0, 0.1) is 0 Å². The molecule has 0 aromatic heterocycles. The van der Waals surface area contributed by atoms with Gasteiger partial charge in [-0.3, -0.25) is 0 Å². The molecule has 1 rings (SSSR count). The summed E-state index contributed by atoms with van der Waals surface area (Å²) in [5.41, 5.74) is 0.835. The van der Waals surface area contributed by atoms with E-state index in [4.69, 9.17) is 14.9 Å². The number of ether oxygens (including phenoxy) is 1. The van der Waals surface area contributed by atoms with Crippen molar-refractivity contribution < 1.29 is 19.7 Å². The third-order valence-corrected chi connectivity index (χ3v) is 2.16. The molecule has 4 heteroatoms. The van der Waals surface area contributed by atoms with Crippen molar-refractivity contribution in [2.24, 2.45) is 0 Å². The third kappa shape index (κ3) is 3.90. The monoisotopic (exact) mass is 224 g/mol. The average Bonchev–Trinajstić information content (AvgIpc) is 2.26. The normalized spacial score (nSPS) is 12.3. The molecule has 0 fully saturated rings. The minimum Gasteiger partial charge on any atom is -0.508 e. The Kier molecular flexibility index (Phi) is 4.79. The van der Waals surface area contributed by atoms with Crippen LogP contribution in [0.2, 0.25) is 0 Å². The Bertz CT molecular complexity index is 331. The number of aromatic hydroxyl groups is 1. The predicted octanol–water partition coefficient (Wildman–Crippen LogP) is 1.81. The lowest BCUT2D eigenvalue weighted by atomic mass is 10.1. The van der Waals surface area contributed by atoms with Crippen LogP contribution in [-0.4, -0.2) is 28.9 Å². The zero-order chi connectivity index (χ0) is 12.0. The number of aliphatic carboxylic acids is 1. The number of hydrogen-bond acceptors (Lipinski definition) is 3. The van der Waals surface area contributed by atoms with E-state index in [1.54, 1.807) is 12.1 Å². The van der Waals surface area contributed by atoms with Gasteiger partial charge in [-0.2, -0.15) is 0 Å². The molecule has 1 unspecified atom stereocenters. The van der Waals surface area contributed by atoms with Gasteiger partial charge in [-0.05, 0) is 24.1 Å². The molecule has 0 saturated carbocycles. The van der Waals surface area contributed by atoms with E-state index in [-0.39, 0.29) is 5.75 Å². The molecule has 0 radical (unpaired) electrons. The van der Waals surface area contributed by atoms with Crippen molar-refractivity contribution in [2.75, 3.05) is 6.61 Å². The second-order valence-electron chi connectivity index (χ2n) is 3.57. The van der Waals surface area contributed by atoms with Crippen LogP contribution in [0.5, 0.6) is 5.75 Å². The Hall–Kier alpha value is -1.55. The fraction of sp³-hybridized carbons (Fsp3) is 0.417. The Morgan fingerprint density at radius 1 is 1.38 bits per heavy atom. The molecule has 0 aliphatic rings. The first-order valence-corrected chi connectivity index (χ1v) is 5.25. The predicted molar refractivity (Wildman–Crippen MR) is 59.5 cm³/mol. The average molecular weight is 224 g/mol. The van der Waals surface area contributed by atoms with Gasteiger partial charge in [0, 0.05) is 13.0 Å². The fourth-order valence-corrected chi connectivity index (χ4v) is 1.32. The molecule has 1 atom stereocenters. The molecule has 0 aliphatic heterocycles. The van der Waals surface area contributed by atoms with Gasteiger partial charge < -0.3 is 14.9 Å². The molecule has 1 aromatic carbocycles. The smallest absolute Gasteiger partial charge is 0.333 e. The molecule has 0 amide bonds. The van der Waals surface area contributed by atoms with Crippen LogP contribution in [0.4, 0.5) is 0 Å². The molecule has 16 heavy (non-hydrogen) atoms. The van der Waals surface area contributed by atoms with E-state index in [1.165, 1.54) is 12.1 Å². The number of benzene rings is 1. The number of carbonyl (C=O) groups is 1. The standard InChI is InChI=1S/C12H16O4/c1-2-7-16-11(12(14)15)8-9-3-5-10(13)6-4-9/h3-6,11,13H,2,7-8H2,1H3,(H,14,15). The number of phenolic OH excluding ortho intramolecular Hbond substituents is 1. The summed E-state index contributed by atoms with van der Waals surface area (Å²) < 4.78 is 5.22. The second-order valence-corrected chi connectivity index (χ2v) is 3.57. The number of rotatable bonds is 6. The van der Waals surface area contributed by atoms with Crippen molar-refractivity contribution in [3.63, 3.8) is 0 Å². The summed E-state index contributed by atoms with van der Waals surface area (Å²) in [4.78, 5) is 10.9. The van der Waals surface area contributed by atoms with Crippen LogP contribution in [0.3, 0.4) is 0 Å². The highest BCUT2D eigenvalue weighted by Gasteiger charge is 2.17. The molecule has 0 saturated heterocycles. The fourth-order valence-electron chi connectivity index (χ4n) is 1.32. The van der Waals surface area contributed by atoms with E-state index >= 15 is 0 Å². The largest absolute Gasteiger partial charge is 0.508 e. The molecule has 0 spiro atoms. The van der Waals surface area contributed by atoms with Gasteiger partial charge >= 0.3 is 5.97 Å². The van der Waals surface area contributed by atoms with Crippen molar-refractivity contribution in [1.82, 2.24) is 0 Å². The first-order chi connectivity index (χ1) is 7.63. The quantitative estimate of drug-likeness (QED) is 0.773. The SMILES string of the molecule is CCCOC(Cc1ccc(O)cc1)C(=O)O. The van der Waals surface area contributed by atoms with Crippen LogP contribution in [0.25, 0.3) is 0 Å². The summed E-state index contributed by atoms with van der Waals surface area (Å²) in [6.07, 6.45) is 0.291. The molecule has 0 heterocycles. The van der Waals surface area contributed by atoms with E-state index in [9.17, 15) is 4.79 Å². The van der Waals surface area contributed by atoms with E-state index in [0.29, 0.717) is 13.0 Å². The molecule has 0 aliphatic carbocycles. The van der Waals surface area contributed by atoms with Crippen molar-refractivity contribution in [3.8, 4) is 5.75 Å². The van der Waals surface area contributed by atoms with Gasteiger partial charge in [-0.15, -0.1) is 0 Å². The van der Waals surface area contributed by atoms with Crippen molar-refractivity contribution in [1.29, 1.82) is 0 Å². The van der Waals surface area contributed by atoms with Crippen LogP contribution in [-0.2, 0) is 16.0 Å². The zero-order valence-corrected chi connectivity index (χ0v) is 9.22. The highest BCUT2D eigenvalue weighted by atomic mass is 16.5. The minimum absolute atomic E-state index is 0.171. The van der Waals surface area contributed by atoms with Crippen LogP contribution in [0.15, 0.2) is 24.3 Å². The lowest BCUT2D eigenvalue weighted by Crippen LogP contribution is -2.26. The van der Waals surface area contributed by atoms with Gasteiger partial charge in [0.15, 0.2) is 6.10 Å². The Balaban J connectivity index is 2.60. The van der Waals surface area contributed by atoms with E-state index in [1.807, 2.05) is 6.92 Å². The number of hydrogen-bond donors (Lipinski definition) is 2. The highest BCUT2D eigenvalue weighted by Crippen LogP contribution is 2.12. The first-order valence-electron chi connectivity index (χ1n) is 5.25. The number of carboxylic acid groups (broad SMARTS) is 1. The molecule has 1 aromatic rings. The maximum Gasteiger partial charge on any atom is 0.333 e. The maximum atomic E-state index is 10.9. The van der Waals surface area contributed by atoms with Crippen molar-refractivity contribution >= 4 is 5.97 Å². The minimum atomic E-state index is -0.957. The van der Waals surface area contributed by atoms with Crippen molar-refractivity contribution in [2.45, 2.75) is 25.9 Å².